The third kappa shape index (κ3) is 5.25. The van der Waals surface area contributed by atoms with E-state index in [1.807, 2.05) is 13.8 Å². The molecule has 2 fully saturated rings. The fourth-order valence-electron chi connectivity index (χ4n) is 7.29. The van der Waals surface area contributed by atoms with Crippen molar-refractivity contribution in [2.24, 2.45) is 10.8 Å². The van der Waals surface area contributed by atoms with Crippen molar-refractivity contribution in [1.29, 1.82) is 0 Å². The van der Waals surface area contributed by atoms with E-state index in [4.69, 9.17) is 4.74 Å². The first kappa shape index (κ1) is 29.5. The second kappa shape index (κ2) is 11.1. The van der Waals surface area contributed by atoms with E-state index in [1.165, 1.54) is 46.0 Å². The van der Waals surface area contributed by atoms with Crippen LogP contribution >= 0.6 is 0 Å². The van der Waals surface area contributed by atoms with Gasteiger partial charge in [0.05, 0.1) is 0 Å². The van der Waals surface area contributed by atoms with Gasteiger partial charge in [0.15, 0.2) is 11.6 Å². The van der Waals surface area contributed by atoms with Crippen molar-refractivity contribution < 1.29 is 22.3 Å². The first-order valence-corrected chi connectivity index (χ1v) is 15.3. The Kier molecular flexibility index (Phi) is 7.63. The molecule has 228 valence electrons. The average molecular weight is 595 g/mol. The topological polar surface area (TPSA) is 44.9 Å². The molecule has 0 bridgehead atoms. The van der Waals surface area contributed by atoms with Gasteiger partial charge in [-0.3, -0.25) is 0 Å². The van der Waals surface area contributed by atoms with Crippen molar-refractivity contribution in [2.45, 2.75) is 90.9 Å². The number of hydrogen-bond donors (Lipinski definition) is 0. The van der Waals surface area contributed by atoms with Crippen LogP contribution < -0.4 is 4.74 Å². The summed E-state index contributed by atoms with van der Waals surface area (Å²) in [4.78, 5) is 0. The van der Waals surface area contributed by atoms with E-state index >= 15 is 8.78 Å². The van der Waals surface area contributed by atoms with Crippen LogP contribution in [0.2, 0.25) is 0 Å². The van der Waals surface area contributed by atoms with Crippen LogP contribution in [-0.2, 0) is 0 Å². The van der Waals surface area contributed by atoms with Gasteiger partial charge in [-0.1, -0.05) is 53.4 Å². The molecule has 0 radical (unpaired) electrons. The molecule has 0 spiro atoms. The van der Waals surface area contributed by atoms with Gasteiger partial charge in [0.1, 0.15) is 23.0 Å². The summed E-state index contributed by atoms with van der Waals surface area (Å²) < 4.78 is 69.8. The van der Waals surface area contributed by atoms with Gasteiger partial charge in [0.25, 0.3) is 0 Å². The Labute approximate surface area is 249 Å². The van der Waals surface area contributed by atoms with E-state index in [9.17, 15) is 8.78 Å². The number of benzene rings is 2. The summed E-state index contributed by atoms with van der Waals surface area (Å²) in [6.45, 7) is 7.99. The van der Waals surface area contributed by atoms with E-state index < -0.39 is 23.3 Å². The first-order valence-electron chi connectivity index (χ1n) is 15.3. The third-order valence-electron chi connectivity index (χ3n) is 10.5. The highest BCUT2D eigenvalue weighted by atomic mass is 19.1. The smallest absolute Gasteiger partial charge is 0.240 e. The summed E-state index contributed by atoms with van der Waals surface area (Å²) in [6, 6.07) is 8.39. The number of rotatable bonds is 8. The second-order valence-corrected chi connectivity index (χ2v) is 13.1. The monoisotopic (exact) mass is 594 g/mol. The Morgan fingerprint density at radius 3 is 1.37 bits per heavy atom. The van der Waals surface area contributed by atoms with Gasteiger partial charge in [-0.2, -0.15) is 0 Å². The van der Waals surface area contributed by atoms with Crippen LogP contribution in [-0.4, -0.2) is 19.6 Å². The number of ether oxygens (including phenoxy) is 1. The zero-order chi connectivity index (χ0) is 30.5. The Hall–Kier alpha value is -3.62. The Morgan fingerprint density at radius 1 is 0.628 bits per heavy atom. The van der Waals surface area contributed by atoms with Crippen molar-refractivity contribution in [1.82, 2.24) is 19.6 Å². The number of halogens is 4. The minimum absolute atomic E-state index is 0.0792. The fourth-order valence-corrected chi connectivity index (χ4v) is 7.29. The van der Waals surface area contributed by atoms with E-state index in [2.05, 4.69) is 24.0 Å². The summed E-state index contributed by atoms with van der Waals surface area (Å²) in [5.41, 5.74) is 0.0855. The first-order chi connectivity index (χ1) is 20.5. The molecular formula is C34H38F4N4O. The summed E-state index contributed by atoms with van der Waals surface area (Å²) in [7, 11) is 0. The minimum Gasteiger partial charge on any atom is -0.417 e. The highest BCUT2D eigenvalue weighted by Gasteiger charge is 2.39. The molecule has 6 rings (SSSR count). The maximum absolute atomic E-state index is 15.8. The van der Waals surface area contributed by atoms with Crippen molar-refractivity contribution in [2.75, 3.05) is 0 Å². The van der Waals surface area contributed by atoms with Crippen LogP contribution in [0.5, 0.6) is 11.8 Å². The molecule has 2 aliphatic rings. The molecule has 4 aromatic rings. The largest absolute Gasteiger partial charge is 0.417 e. The Morgan fingerprint density at radius 2 is 1.00 bits per heavy atom. The van der Waals surface area contributed by atoms with Gasteiger partial charge in [-0.25, -0.2) is 26.9 Å². The Bertz CT molecular complexity index is 1510. The lowest BCUT2D eigenvalue weighted by molar-refractivity contribution is 0.264. The van der Waals surface area contributed by atoms with Gasteiger partial charge in [0.2, 0.25) is 11.8 Å². The quantitative estimate of drug-likeness (QED) is 0.191. The highest BCUT2D eigenvalue weighted by Crippen LogP contribution is 2.51. The van der Waals surface area contributed by atoms with Crippen molar-refractivity contribution >= 4 is 0 Å². The molecule has 2 unspecified atom stereocenters. The van der Waals surface area contributed by atoms with E-state index in [-0.39, 0.29) is 56.9 Å². The molecular weight excluding hydrogens is 556 g/mol. The molecule has 2 atom stereocenters. The van der Waals surface area contributed by atoms with E-state index in [0.29, 0.717) is 0 Å². The molecule has 0 N–H and O–H groups in total. The summed E-state index contributed by atoms with van der Waals surface area (Å²) in [5, 5.41) is 8.68. The number of aromatic nitrogens is 4. The maximum Gasteiger partial charge on any atom is 0.240 e. The third-order valence-corrected chi connectivity index (χ3v) is 10.5. The lowest BCUT2D eigenvalue weighted by Crippen LogP contribution is -2.22. The summed E-state index contributed by atoms with van der Waals surface area (Å²) >= 11 is 0. The zero-order valence-electron chi connectivity index (χ0n) is 25.1. The van der Waals surface area contributed by atoms with Crippen molar-refractivity contribution in [3.8, 4) is 23.1 Å². The van der Waals surface area contributed by atoms with Crippen LogP contribution in [0.25, 0.3) is 11.4 Å². The van der Waals surface area contributed by atoms with E-state index in [1.54, 1.807) is 12.1 Å². The van der Waals surface area contributed by atoms with Gasteiger partial charge in [0, 0.05) is 35.7 Å². The lowest BCUT2D eigenvalue weighted by atomic mass is 9.73. The van der Waals surface area contributed by atoms with Crippen LogP contribution in [0, 0.1) is 34.1 Å². The summed E-state index contributed by atoms with van der Waals surface area (Å²) in [6.07, 6.45) is 11.1. The van der Waals surface area contributed by atoms with Gasteiger partial charge < -0.3 is 4.74 Å². The molecule has 9 heteroatoms. The maximum atomic E-state index is 15.8. The normalized spacial score (nSPS) is 19.1. The number of hydrogen-bond acceptors (Lipinski definition) is 3. The van der Waals surface area contributed by atoms with Gasteiger partial charge in [-0.15, -0.1) is 10.2 Å². The molecule has 2 heterocycles. The van der Waals surface area contributed by atoms with Crippen LogP contribution in [0.4, 0.5) is 17.6 Å². The minimum atomic E-state index is -0.636. The van der Waals surface area contributed by atoms with Crippen molar-refractivity contribution in [3.05, 3.63) is 83.2 Å². The highest BCUT2D eigenvalue weighted by molar-refractivity contribution is 5.42. The average Bonchev–Trinajstić information content (AvgIpc) is 3.79. The Balaban J connectivity index is 1.23. The van der Waals surface area contributed by atoms with E-state index in [0.717, 1.165) is 51.4 Å². The molecule has 2 aromatic heterocycles. The number of nitrogens with zero attached hydrogens (tertiary/aromatic N) is 4. The molecule has 0 saturated heterocycles. The summed E-state index contributed by atoms with van der Waals surface area (Å²) in [5.74, 6) is -2.70. The molecule has 2 aromatic carbocycles. The standard InChI is InChI=1S/C34H38F4N4O/c1-21(33(3)15-5-6-16-33)29-23(35)9-11-25(31(29)37)41-19-13-27(39-41)43-28-14-20-42(40-28)26-12-10-24(36)30(32(26)38)22(2)34(4)17-7-8-18-34/h9-14,19-22H,5-8,15-18H2,1-4H3. The van der Waals surface area contributed by atoms with Crippen molar-refractivity contribution in [3.63, 3.8) is 0 Å². The fraction of sp³-hybridized carbons (Fsp3) is 0.471. The lowest BCUT2D eigenvalue weighted by Gasteiger charge is -2.32. The van der Waals surface area contributed by atoms with Gasteiger partial charge in [-0.05, 0) is 72.6 Å². The van der Waals surface area contributed by atoms with Crippen LogP contribution in [0.3, 0.4) is 0 Å². The van der Waals surface area contributed by atoms with Crippen LogP contribution in [0.15, 0.2) is 48.8 Å². The molecule has 2 aliphatic carbocycles. The predicted molar refractivity (Wildman–Crippen MR) is 157 cm³/mol. The molecule has 2 saturated carbocycles. The van der Waals surface area contributed by atoms with Crippen LogP contribution in [0.1, 0.15) is 102 Å². The predicted octanol–water partition coefficient (Wildman–Crippen LogP) is 9.77. The SMILES string of the molecule is CC(c1c(F)ccc(-n2ccc(Oc3ccn(-c4ccc(F)c(C(C)C5(C)CCCC5)c4F)n3)n2)c1F)C1(C)CCCC1. The molecule has 43 heavy (non-hydrogen) atoms. The van der Waals surface area contributed by atoms with Gasteiger partial charge >= 0.3 is 0 Å². The molecule has 5 nitrogen and oxygen atoms in total. The molecule has 0 amide bonds. The second-order valence-electron chi connectivity index (χ2n) is 13.1. The molecule has 0 aliphatic heterocycles. The zero-order valence-corrected chi connectivity index (χ0v) is 25.1.